The summed E-state index contributed by atoms with van der Waals surface area (Å²) in [6.45, 7) is -0.559. The molecule has 2 aliphatic heterocycles. The number of benzene rings is 1. The number of fused-ring (bicyclic) bond motifs is 1. The van der Waals surface area contributed by atoms with Crippen molar-refractivity contribution in [3.05, 3.63) is 54.0 Å². The average Bonchev–Trinajstić information content (AvgIpc) is 3.40. The monoisotopic (exact) mass is 571 g/mol. The van der Waals surface area contributed by atoms with Crippen LogP contribution in [0.25, 0.3) is 11.3 Å². The molecule has 208 valence electrons. The van der Waals surface area contributed by atoms with Crippen LogP contribution < -0.4 is 14.4 Å². The number of nitrogens with one attached hydrogen (secondary N) is 1. The van der Waals surface area contributed by atoms with Crippen LogP contribution >= 0.6 is 0 Å². The van der Waals surface area contributed by atoms with E-state index in [1.165, 1.54) is 30.4 Å². The minimum absolute atomic E-state index is 0.00867. The Morgan fingerprint density at radius 3 is 2.69 bits per heavy atom. The van der Waals surface area contributed by atoms with Crippen molar-refractivity contribution in [3.8, 4) is 17.1 Å². The largest absolute Gasteiger partial charge is 0.479 e. The van der Waals surface area contributed by atoms with Gasteiger partial charge < -0.3 is 14.0 Å². The summed E-state index contributed by atoms with van der Waals surface area (Å²) in [6, 6.07) is 5.64. The molecule has 1 aromatic carbocycles. The van der Waals surface area contributed by atoms with E-state index in [1.807, 2.05) is 0 Å². The number of piperidine rings is 1. The number of halogens is 4. The molecular weight excluding hydrogens is 550 g/mol. The molecule has 2 saturated heterocycles. The van der Waals surface area contributed by atoms with Crippen molar-refractivity contribution in [1.82, 2.24) is 14.4 Å². The molecule has 16 heteroatoms. The van der Waals surface area contributed by atoms with E-state index in [2.05, 4.69) is 19.4 Å². The fraction of sp³-hybridized carbons (Fsp3) is 0.348. The first kappa shape index (κ1) is 26.8. The summed E-state index contributed by atoms with van der Waals surface area (Å²) < 4.78 is 99.4. The molecule has 1 amide bonds. The highest BCUT2D eigenvalue weighted by atomic mass is 32.2. The molecule has 2 fully saturated rings. The number of morpholine rings is 1. The first-order valence-electron chi connectivity index (χ1n) is 11.5. The molecule has 0 bridgehead atoms. The van der Waals surface area contributed by atoms with Crippen molar-refractivity contribution >= 4 is 27.6 Å². The number of amides is 1. The highest BCUT2D eigenvalue weighted by Gasteiger charge is 2.45. The van der Waals surface area contributed by atoms with Gasteiger partial charge in [-0.05, 0) is 18.6 Å². The van der Waals surface area contributed by atoms with Gasteiger partial charge in [-0.15, -0.1) is 0 Å². The van der Waals surface area contributed by atoms with Crippen LogP contribution in [0.4, 0.5) is 29.1 Å². The van der Waals surface area contributed by atoms with Crippen molar-refractivity contribution in [2.45, 2.75) is 24.7 Å². The van der Waals surface area contributed by atoms with E-state index in [1.54, 1.807) is 0 Å². The van der Waals surface area contributed by atoms with Gasteiger partial charge in [-0.25, -0.2) is 9.37 Å². The smallest absolute Gasteiger partial charge is 0.416 e. The molecule has 5 rings (SSSR count). The van der Waals surface area contributed by atoms with Gasteiger partial charge >= 0.3 is 16.4 Å². The van der Waals surface area contributed by atoms with Crippen LogP contribution in [0.2, 0.25) is 0 Å². The maximum absolute atomic E-state index is 15.3. The van der Waals surface area contributed by atoms with Gasteiger partial charge in [0.1, 0.15) is 24.3 Å². The summed E-state index contributed by atoms with van der Waals surface area (Å²) >= 11 is 0. The second-order valence-electron chi connectivity index (χ2n) is 8.74. The molecule has 0 saturated carbocycles. The van der Waals surface area contributed by atoms with Crippen LogP contribution in [0.3, 0.4) is 0 Å². The normalized spacial score (nSPS) is 20.5. The minimum Gasteiger partial charge on any atom is -0.479 e. The molecule has 2 aromatic heterocycles. The lowest BCUT2D eigenvalue weighted by molar-refractivity contribution is -0.137. The number of aromatic nitrogens is 2. The number of rotatable bonds is 6. The van der Waals surface area contributed by atoms with Gasteiger partial charge in [0.15, 0.2) is 11.6 Å². The van der Waals surface area contributed by atoms with E-state index < -0.39 is 52.4 Å². The zero-order valence-electron chi connectivity index (χ0n) is 20.2. The Hall–Kier alpha value is -3.76. The topological polar surface area (TPSA) is 127 Å². The lowest BCUT2D eigenvalue weighted by Gasteiger charge is -2.45. The summed E-state index contributed by atoms with van der Waals surface area (Å²) in [6.07, 6.45) is -4.09. The van der Waals surface area contributed by atoms with Gasteiger partial charge in [0.25, 0.3) is 5.91 Å². The van der Waals surface area contributed by atoms with Gasteiger partial charge in [-0.3, -0.25) is 14.4 Å². The second-order valence-corrected chi connectivity index (χ2v) is 10.4. The van der Waals surface area contributed by atoms with Gasteiger partial charge in [0, 0.05) is 30.8 Å². The summed E-state index contributed by atoms with van der Waals surface area (Å²) in [7, 11) is -2.79. The molecule has 0 unspecified atom stereocenters. The zero-order chi connectivity index (χ0) is 27.9. The van der Waals surface area contributed by atoms with Gasteiger partial charge in [-0.1, -0.05) is 17.3 Å². The number of anilines is 2. The quantitative estimate of drug-likeness (QED) is 0.448. The first-order chi connectivity index (χ1) is 18.5. The third-order valence-corrected chi connectivity index (χ3v) is 7.84. The van der Waals surface area contributed by atoms with Crippen molar-refractivity contribution in [3.63, 3.8) is 0 Å². The standard InChI is InChI=1S/C23H21F4N5O6S/c1-36-22-17(10-15(24)21(28-22)13-3-2-4-14(9-13)23(25,26)27)32-16-5-7-31(11-18(16)37-12-20(32)33)39(34,35)30-19-6-8-38-29-19/h2-4,6,8-10,16,18H,5,7,11-12H2,1H3,(H,29,30)/t16-,18-/m1/s1. The summed E-state index contributed by atoms with van der Waals surface area (Å²) in [5.74, 6) is -1.72. The van der Waals surface area contributed by atoms with E-state index in [0.29, 0.717) is 0 Å². The van der Waals surface area contributed by atoms with E-state index >= 15 is 4.39 Å². The van der Waals surface area contributed by atoms with Crippen LogP contribution in [-0.4, -0.2) is 67.7 Å². The average molecular weight is 572 g/mol. The number of ether oxygens (including phenoxy) is 2. The summed E-state index contributed by atoms with van der Waals surface area (Å²) in [5.41, 5.74) is -1.54. The lowest BCUT2D eigenvalue weighted by Crippen LogP contribution is -2.62. The molecule has 2 atom stereocenters. The van der Waals surface area contributed by atoms with Gasteiger partial charge in [-0.2, -0.15) is 25.9 Å². The Kier molecular flexibility index (Phi) is 6.94. The van der Waals surface area contributed by atoms with Crippen molar-refractivity contribution in [2.24, 2.45) is 0 Å². The molecule has 2 aliphatic rings. The molecule has 11 nitrogen and oxygen atoms in total. The molecule has 39 heavy (non-hydrogen) atoms. The van der Waals surface area contributed by atoms with Gasteiger partial charge in [0.05, 0.1) is 24.8 Å². The van der Waals surface area contributed by atoms with Crippen LogP contribution in [-0.2, 0) is 25.9 Å². The summed E-state index contributed by atoms with van der Waals surface area (Å²) in [5, 5.41) is 3.52. The maximum atomic E-state index is 15.3. The number of carbonyl (C=O) groups excluding carboxylic acids is 1. The highest BCUT2D eigenvalue weighted by molar-refractivity contribution is 7.90. The Morgan fingerprint density at radius 2 is 2.00 bits per heavy atom. The number of hydrogen-bond donors (Lipinski definition) is 1. The fourth-order valence-corrected chi connectivity index (χ4v) is 5.78. The maximum Gasteiger partial charge on any atom is 0.416 e. The number of alkyl halides is 3. The van der Waals surface area contributed by atoms with E-state index in [0.717, 1.165) is 28.6 Å². The fourth-order valence-electron chi connectivity index (χ4n) is 4.59. The van der Waals surface area contributed by atoms with Crippen LogP contribution in [0, 0.1) is 5.82 Å². The Balaban J connectivity index is 1.44. The van der Waals surface area contributed by atoms with Crippen molar-refractivity contribution in [1.29, 1.82) is 0 Å². The minimum atomic E-state index is -4.64. The molecule has 4 heterocycles. The highest BCUT2D eigenvalue weighted by Crippen LogP contribution is 2.39. The van der Waals surface area contributed by atoms with Crippen LogP contribution in [0.15, 0.2) is 47.2 Å². The second kappa shape index (κ2) is 10.1. The third-order valence-electron chi connectivity index (χ3n) is 6.36. The number of pyridine rings is 1. The zero-order valence-corrected chi connectivity index (χ0v) is 21.0. The SMILES string of the molecule is COc1nc(-c2cccc(C(F)(F)F)c2)c(F)cc1N1C(=O)CO[C@@H]2CN(S(=O)(=O)Nc3ccon3)CC[C@H]21. The van der Waals surface area contributed by atoms with E-state index in [9.17, 15) is 26.4 Å². The van der Waals surface area contributed by atoms with Crippen LogP contribution in [0.1, 0.15) is 12.0 Å². The van der Waals surface area contributed by atoms with Crippen molar-refractivity contribution < 1.29 is 44.8 Å². The Morgan fingerprint density at radius 1 is 1.21 bits per heavy atom. The Labute approximate surface area is 219 Å². The number of carbonyl (C=O) groups is 1. The Bertz CT molecular complexity index is 1480. The molecular formula is C23H21F4N5O6S. The molecule has 1 N–H and O–H groups in total. The van der Waals surface area contributed by atoms with E-state index in [4.69, 9.17) is 9.47 Å². The van der Waals surface area contributed by atoms with E-state index in [-0.39, 0.29) is 48.2 Å². The molecule has 0 spiro atoms. The van der Waals surface area contributed by atoms with Gasteiger partial charge in [0.2, 0.25) is 5.88 Å². The van der Waals surface area contributed by atoms with Crippen LogP contribution in [0.5, 0.6) is 5.88 Å². The third kappa shape index (κ3) is 5.26. The lowest BCUT2D eigenvalue weighted by atomic mass is 9.98. The number of nitrogens with zero attached hydrogens (tertiary/aromatic N) is 4. The molecule has 0 radical (unpaired) electrons. The first-order valence-corrected chi connectivity index (χ1v) is 13.0. The predicted molar refractivity (Wildman–Crippen MR) is 127 cm³/mol. The predicted octanol–water partition coefficient (Wildman–Crippen LogP) is 3.07. The number of hydrogen-bond acceptors (Lipinski definition) is 8. The number of methoxy groups -OCH3 is 1. The molecule has 3 aromatic rings. The summed E-state index contributed by atoms with van der Waals surface area (Å²) in [4.78, 5) is 18.3. The van der Waals surface area contributed by atoms with Crippen molar-refractivity contribution in [2.75, 3.05) is 36.4 Å². The molecule has 0 aliphatic carbocycles.